The Morgan fingerprint density at radius 3 is 2.30 bits per heavy atom. The van der Waals surface area contributed by atoms with Gasteiger partial charge in [0.2, 0.25) is 0 Å². The van der Waals surface area contributed by atoms with Crippen molar-refractivity contribution in [3.63, 3.8) is 0 Å². The summed E-state index contributed by atoms with van der Waals surface area (Å²) in [5.74, 6) is -0.111. The van der Waals surface area contributed by atoms with Crippen LogP contribution in [0, 0.1) is 0 Å². The lowest BCUT2D eigenvalue weighted by Gasteiger charge is -2.02. The van der Waals surface area contributed by atoms with Gasteiger partial charge in [-0.05, 0) is 37.3 Å². The molecular formula is C16H24O3S. The van der Waals surface area contributed by atoms with Crippen LogP contribution < -0.4 is 0 Å². The van der Waals surface area contributed by atoms with Gasteiger partial charge in [0.1, 0.15) is 0 Å². The molecule has 0 heterocycles. The molecule has 0 unspecified atom stereocenters. The highest BCUT2D eigenvalue weighted by atomic mass is 32.2. The van der Waals surface area contributed by atoms with Crippen molar-refractivity contribution < 1.29 is 13.0 Å². The minimum Gasteiger partial charge on any atom is -0.286 e. The molecule has 20 heavy (non-hydrogen) atoms. The number of unbranched alkanes of at least 4 members (excludes halogenated alkanes) is 5. The minimum atomic E-state index is -3.77. The Morgan fingerprint density at radius 1 is 1.05 bits per heavy atom. The summed E-state index contributed by atoms with van der Waals surface area (Å²) in [5.41, 5.74) is 2.57. The van der Waals surface area contributed by atoms with Crippen LogP contribution in [-0.2, 0) is 10.1 Å². The first-order valence-electron chi connectivity index (χ1n) is 7.16. The SMILES string of the molecule is C/C(=C\CCCCCCCS(=O)(=O)O)c1ccccc1. The van der Waals surface area contributed by atoms with Crippen LogP contribution in [0.15, 0.2) is 36.4 Å². The maximum Gasteiger partial charge on any atom is 0.264 e. The number of hydrogen-bond acceptors (Lipinski definition) is 2. The molecule has 1 aromatic rings. The van der Waals surface area contributed by atoms with Crippen molar-refractivity contribution in [3.05, 3.63) is 42.0 Å². The second-order valence-corrected chi connectivity index (χ2v) is 6.67. The molecular weight excluding hydrogens is 272 g/mol. The lowest BCUT2D eigenvalue weighted by molar-refractivity contribution is 0.479. The largest absolute Gasteiger partial charge is 0.286 e. The average Bonchev–Trinajstić information content (AvgIpc) is 2.41. The summed E-state index contributed by atoms with van der Waals surface area (Å²) in [6, 6.07) is 10.3. The Balaban J connectivity index is 2.10. The van der Waals surface area contributed by atoms with Crippen LogP contribution in [0.25, 0.3) is 5.57 Å². The molecule has 1 aromatic carbocycles. The molecule has 3 nitrogen and oxygen atoms in total. The Labute approximate surface area is 122 Å². The van der Waals surface area contributed by atoms with E-state index >= 15 is 0 Å². The second-order valence-electron chi connectivity index (χ2n) is 5.10. The standard InChI is InChI=1S/C16H24O3S/c1-15(16-12-8-6-9-13-16)11-7-4-2-3-5-10-14-20(17,18)19/h6,8-9,11-13H,2-5,7,10,14H2,1H3,(H,17,18,19)/b15-11+. The van der Waals surface area contributed by atoms with Gasteiger partial charge in [0.25, 0.3) is 10.1 Å². The van der Waals surface area contributed by atoms with Gasteiger partial charge in [-0.3, -0.25) is 4.55 Å². The van der Waals surface area contributed by atoms with Gasteiger partial charge in [-0.1, -0.05) is 55.7 Å². The van der Waals surface area contributed by atoms with Crippen molar-refractivity contribution in [1.82, 2.24) is 0 Å². The van der Waals surface area contributed by atoms with Crippen molar-refractivity contribution in [2.45, 2.75) is 45.4 Å². The molecule has 0 saturated heterocycles. The van der Waals surface area contributed by atoms with Crippen LogP contribution in [0.2, 0.25) is 0 Å². The summed E-state index contributed by atoms with van der Waals surface area (Å²) in [5, 5.41) is 0. The molecule has 1 N–H and O–H groups in total. The first-order chi connectivity index (χ1) is 9.49. The zero-order valence-electron chi connectivity index (χ0n) is 12.1. The average molecular weight is 296 g/mol. The van der Waals surface area contributed by atoms with E-state index in [1.165, 1.54) is 11.1 Å². The first-order valence-corrected chi connectivity index (χ1v) is 8.77. The molecule has 0 spiro atoms. The van der Waals surface area contributed by atoms with Gasteiger partial charge in [-0.15, -0.1) is 0 Å². The molecule has 4 heteroatoms. The van der Waals surface area contributed by atoms with Crippen molar-refractivity contribution in [1.29, 1.82) is 0 Å². The van der Waals surface area contributed by atoms with Crippen LogP contribution in [0.3, 0.4) is 0 Å². The van der Waals surface area contributed by atoms with Gasteiger partial charge >= 0.3 is 0 Å². The number of rotatable bonds is 9. The predicted octanol–water partition coefficient (Wildman–Crippen LogP) is 4.32. The summed E-state index contributed by atoms with van der Waals surface area (Å²) < 4.78 is 29.6. The van der Waals surface area contributed by atoms with E-state index in [4.69, 9.17) is 4.55 Å². The van der Waals surface area contributed by atoms with Crippen molar-refractivity contribution in [2.75, 3.05) is 5.75 Å². The quantitative estimate of drug-likeness (QED) is 0.545. The molecule has 0 atom stereocenters. The molecule has 1 rings (SSSR count). The van der Waals surface area contributed by atoms with Gasteiger partial charge in [0.05, 0.1) is 5.75 Å². The van der Waals surface area contributed by atoms with Crippen LogP contribution >= 0.6 is 0 Å². The number of hydrogen-bond donors (Lipinski definition) is 1. The Bertz CT molecular complexity index is 504. The van der Waals surface area contributed by atoms with Gasteiger partial charge in [0.15, 0.2) is 0 Å². The number of allylic oxidation sites excluding steroid dienone is 2. The lowest BCUT2D eigenvalue weighted by Crippen LogP contribution is -2.03. The summed E-state index contributed by atoms with van der Waals surface area (Å²) in [7, 11) is -3.77. The lowest BCUT2D eigenvalue weighted by atomic mass is 10.0. The summed E-state index contributed by atoms with van der Waals surface area (Å²) in [6.07, 6.45) is 7.97. The highest BCUT2D eigenvalue weighted by Crippen LogP contribution is 2.15. The highest BCUT2D eigenvalue weighted by molar-refractivity contribution is 7.85. The van der Waals surface area contributed by atoms with E-state index in [0.717, 1.165) is 32.1 Å². The Hall–Kier alpha value is -1.13. The van der Waals surface area contributed by atoms with Gasteiger partial charge < -0.3 is 0 Å². The molecule has 0 aliphatic heterocycles. The van der Waals surface area contributed by atoms with E-state index in [1.807, 2.05) is 18.2 Å². The van der Waals surface area contributed by atoms with Gasteiger partial charge in [-0.25, -0.2) is 0 Å². The Kier molecular flexibility index (Phi) is 7.55. The van der Waals surface area contributed by atoms with Crippen molar-refractivity contribution >= 4 is 15.7 Å². The molecule has 0 aliphatic carbocycles. The third-order valence-electron chi connectivity index (χ3n) is 3.29. The van der Waals surface area contributed by atoms with Crippen molar-refractivity contribution in [2.24, 2.45) is 0 Å². The third-order valence-corrected chi connectivity index (χ3v) is 4.09. The van der Waals surface area contributed by atoms with E-state index in [2.05, 4.69) is 25.1 Å². The summed E-state index contributed by atoms with van der Waals surface area (Å²) in [6.45, 7) is 2.13. The Morgan fingerprint density at radius 2 is 1.65 bits per heavy atom. The molecule has 0 fully saturated rings. The smallest absolute Gasteiger partial charge is 0.264 e. The summed E-state index contributed by atoms with van der Waals surface area (Å²) >= 11 is 0. The molecule has 0 aliphatic rings. The molecule has 0 saturated carbocycles. The molecule has 0 aromatic heterocycles. The zero-order valence-corrected chi connectivity index (χ0v) is 12.9. The molecule has 0 amide bonds. The minimum absolute atomic E-state index is 0.111. The first kappa shape index (κ1) is 16.9. The second kappa shape index (κ2) is 8.93. The van der Waals surface area contributed by atoms with Gasteiger partial charge in [0, 0.05) is 0 Å². The molecule has 0 bridgehead atoms. The summed E-state index contributed by atoms with van der Waals surface area (Å²) in [4.78, 5) is 0. The predicted molar refractivity (Wildman–Crippen MR) is 84.2 cm³/mol. The number of benzene rings is 1. The fourth-order valence-electron chi connectivity index (χ4n) is 2.10. The monoisotopic (exact) mass is 296 g/mol. The topological polar surface area (TPSA) is 54.4 Å². The van der Waals surface area contributed by atoms with E-state index in [1.54, 1.807) is 0 Å². The van der Waals surface area contributed by atoms with Crippen LogP contribution in [0.5, 0.6) is 0 Å². The third kappa shape index (κ3) is 8.12. The van der Waals surface area contributed by atoms with Crippen LogP contribution in [0.4, 0.5) is 0 Å². The zero-order chi connectivity index (χ0) is 14.8. The van der Waals surface area contributed by atoms with E-state index in [9.17, 15) is 8.42 Å². The van der Waals surface area contributed by atoms with E-state index in [0.29, 0.717) is 6.42 Å². The fraction of sp³-hybridized carbons (Fsp3) is 0.500. The van der Waals surface area contributed by atoms with Crippen LogP contribution in [-0.4, -0.2) is 18.7 Å². The maximum atomic E-state index is 10.5. The van der Waals surface area contributed by atoms with Gasteiger partial charge in [-0.2, -0.15) is 8.42 Å². The fourth-order valence-corrected chi connectivity index (χ4v) is 2.67. The van der Waals surface area contributed by atoms with Crippen molar-refractivity contribution in [3.8, 4) is 0 Å². The molecule has 0 radical (unpaired) electrons. The highest BCUT2D eigenvalue weighted by Gasteiger charge is 2.02. The van der Waals surface area contributed by atoms with E-state index in [-0.39, 0.29) is 5.75 Å². The molecule has 112 valence electrons. The maximum absolute atomic E-state index is 10.5. The van der Waals surface area contributed by atoms with Crippen LogP contribution in [0.1, 0.15) is 51.0 Å². The normalized spacial score (nSPS) is 12.6. The van der Waals surface area contributed by atoms with E-state index < -0.39 is 10.1 Å².